The third-order valence-electron chi connectivity index (χ3n) is 4.29. The van der Waals surface area contributed by atoms with Gasteiger partial charge in [0, 0.05) is 17.2 Å². The molecule has 158 valence electrons. The van der Waals surface area contributed by atoms with E-state index in [4.69, 9.17) is 30.5 Å². The van der Waals surface area contributed by atoms with Gasteiger partial charge in [-0.3, -0.25) is 9.59 Å². The van der Waals surface area contributed by atoms with Crippen LogP contribution in [0.5, 0.6) is 17.2 Å². The van der Waals surface area contributed by atoms with Crippen molar-refractivity contribution < 1.29 is 28.5 Å². The summed E-state index contributed by atoms with van der Waals surface area (Å²) in [4.78, 5) is 29.4. The lowest BCUT2D eigenvalue weighted by molar-refractivity contribution is -0.141. The SMILES string of the molecule is COC(=O)Cn1c(=NC(=O)c2cc(Cl)ccc2OC)sc2cc(OC)c(OC)cc21. The van der Waals surface area contributed by atoms with Crippen LogP contribution in [0.4, 0.5) is 0 Å². The van der Waals surface area contributed by atoms with Crippen LogP contribution >= 0.6 is 22.9 Å². The first-order valence-corrected chi connectivity index (χ1v) is 9.86. The first kappa shape index (κ1) is 21.7. The number of fused-ring (bicyclic) bond motifs is 1. The van der Waals surface area contributed by atoms with Crippen molar-refractivity contribution in [3.05, 3.63) is 45.7 Å². The van der Waals surface area contributed by atoms with Crippen LogP contribution < -0.4 is 19.0 Å². The highest BCUT2D eigenvalue weighted by molar-refractivity contribution is 7.16. The molecule has 3 aromatic rings. The van der Waals surface area contributed by atoms with E-state index in [-0.39, 0.29) is 12.1 Å². The fraction of sp³-hybridized carbons (Fsp3) is 0.250. The zero-order valence-electron chi connectivity index (χ0n) is 16.7. The molecule has 1 aromatic heterocycles. The number of amides is 1. The van der Waals surface area contributed by atoms with Crippen LogP contribution in [0, 0.1) is 0 Å². The van der Waals surface area contributed by atoms with E-state index >= 15 is 0 Å². The van der Waals surface area contributed by atoms with Crippen molar-refractivity contribution in [3.8, 4) is 17.2 Å². The largest absolute Gasteiger partial charge is 0.496 e. The monoisotopic (exact) mass is 450 g/mol. The van der Waals surface area contributed by atoms with Gasteiger partial charge in [-0.1, -0.05) is 22.9 Å². The van der Waals surface area contributed by atoms with Crippen LogP contribution in [0.2, 0.25) is 5.02 Å². The van der Waals surface area contributed by atoms with Gasteiger partial charge in [0.15, 0.2) is 16.3 Å². The molecular weight excluding hydrogens is 432 g/mol. The van der Waals surface area contributed by atoms with Gasteiger partial charge in [0.1, 0.15) is 12.3 Å². The molecule has 0 saturated heterocycles. The first-order chi connectivity index (χ1) is 14.4. The zero-order valence-corrected chi connectivity index (χ0v) is 18.3. The third-order valence-corrected chi connectivity index (χ3v) is 5.57. The fourth-order valence-corrected chi connectivity index (χ4v) is 4.03. The molecule has 0 unspecified atom stereocenters. The van der Waals surface area contributed by atoms with Gasteiger partial charge in [0.05, 0.1) is 44.2 Å². The van der Waals surface area contributed by atoms with E-state index in [9.17, 15) is 9.59 Å². The molecular formula is C20H19ClN2O6S. The second kappa shape index (κ2) is 9.19. The Morgan fingerprint density at radius 2 is 1.67 bits per heavy atom. The molecule has 3 rings (SSSR count). The number of methoxy groups -OCH3 is 4. The molecule has 1 heterocycles. The normalized spacial score (nSPS) is 11.4. The van der Waals surface area contributed by atoms with Gasteiger partial charge < -0.3 is 23.5 Å². The van der Waals surface area contributed by atoms with Crippen LogP contribution in [-0.4, -0.2) is 44.9 Å². The van der Waals surface area contributed by atoms with Crippen LogP contribution in [0.3, 0.4) is 0 Å². The van der Waals surface area contributed by atoms with E-state index in [1.165, 1.54) is 45.8 Å². The Balaban J connectivity index is 2.23. The number of rotatable bonds is 6. The lowest BCUT2D eigenvalue weighted by Gasteiger charge is -2.09. The number of hydrogen-bond acceptors (Lipinski definition) is 7. The molecule has 0 aliphatic heterocycles. The maximum Gasteiger partial charge on any atom is 0.325 e. The Hall–Kier alpha value is -3.04. The molecule has 0 aliphatic rings. The molecule has 30 heavy (non-hydrogen) atoms. The number of aromatic nitrogens is 1. The van der Waals surface area contributed by atoms with Gasteiger partial charge in [0.25, 0.3) is 5.91 Å². The molecule has 0 bridgehead atoms. The van der Waals surface area contributed by atoms with Gasteiger partial charge in [-0.25, -0.2) is 0 Å². The minimum atomic E-state index is -0.557. The lowest BCUT2D eigenvalue weighted by Crippen LogP contribution is -2.22. The second-order valence-electron chi connectivity index (χ2n) is 5.98. The molecule has 0 radical (unpaired) electrons. The van der Waals surface area contributed by atoms with E-state index in [0.717, 1.165) is 4.70 Å². The molecule has 0 saturated carbocycles. The summed E-state index contributed by atoms with van der Waals surface area (Å²) < 4.78 is 23.1. The maximum atomic E-state index is 12.9. The highest BCUT2D eigenvalue weighted by atomic mass is 35.5. The fourth-order valence-electron chi connectivity index (χ4n) is 2.82. The first-order valence-electron chi connectivity index (χ1n) is 8.66. The van der Waals surface area contributed by atoms with Crippen molar-refractivity contribution >= 4 is 45.0 Å². The standard InChI is InChI=1S/C20H19ClN2O6S/c1-26-14-6-5-11(21)7-12(14)19(25)22-20-23(10-18(24)29-4)13-8-15(27-2)16(28-3)9-17(13)30-20/h5-9H,10H2,1-4H3. The summed E-state index contributed by atoms with van der Waals surface area (Å²) in [6, 6.07) is 8.17. The summed E-state index contributed by atoms with van der Waals surface area (Å²) in [6.45, 7) is -0.134. The number of nitrogens with zero attached hydrogens (tertiary/aromatic N) is 2. The van der Waals surface area contributed by atoms with Gasteiger partial charge in [-0.2, -0.15) is 4.99 Å². The zero-order chi connectivity index (χ0) is 21.8. The Labute approximate surface area is 181 Å². The number of benzene rings is 2. The number of thiazole rings is 1. The Morgan fingerprint density at radius 3 is 2.30 bits per heavy atom. The van der Waals surface area contributed by atoms with Gasteiger partial charge >= 0.3 is 5.97 Å². The molecule has 10 heteroatoms. The van der Waals surface area contributed by atoms with Crippen LogP contribution in [0.1, 0.15) is 10.4 Å². The number of halogens is 1. The van der Waals surface area contributed by atoms with Crippen LogP contribution in [0.15, 0.2) is 35.3 Å². The Bertz CT molecular complexity index is 1180. The van der Waals surface area contributed by atoms with Crippen LogP contribution in [-0.2, 0) is 16.1 Å². The molecule has 0 N–H and O–H groups in total. The Morgan fingerprint density at radius 1 is 1.00 bits per heavy atom. The summed E-state index contributed by atoms with van der Waals surface area (Å²) in [5, 5.41) is 0.377. The minimum absolute atomic E-state index is 0.134. The second-order valence-corrected chi connectivity index (χ2v) is 7.43. The molecule has 0 aliphatic carbocycles. The minimum Gasteiger partial charge on any atom is -0.496 e. The molecule has 0 atom stereocenters. The molecule has 2 aromatic carbocycles. The van der Waals surface area contributed by atoms with Crippen LogP contribution in [0.25, 0.3) is 10.2 Å². The number of esters is 1. The topological polar surface area (TPSA) is 88.4 Å². The smallest absolute Gasteiger partial charge is 0.325 e. The predicted octanol–water partition coefficient (Wildman–Crippen LogP) is 3.30. The average molecular weight is 451 g/mol. The number of carbonyl (C=O) groups is 2. The molecule has 8 nitrogen and oxygen atoms in total. The molecule has 1 amide bonds. The number of hydrogen-bond donors (Lipinski definition) is 0. The van der Waals surface area contributed by atoms with E-state index in [0.29, 0.717) is 32.6 Å². The lowest BCUT2D eigenvalue weighted by atomic mass is 10.2. The number of carbonyl (C=O) groups excluding carboxylic acids is 2. The summed E-state index contributed by atoms with van der Waals surface area (Å²) in [6.07, 6.45) is 0. The summed E-state index contributed by atoms with van der Waals surface area (Å²) in [5.41, 5.74) is 0.856. The highest BCUT2D eigenvalue weighted by Gasteiger charge is 2.17. The average Bonchev–Trinajstić information content (AvgIpc) is 3.07. The molecule has 0 spiro atoms. The van der Waals surface area contributed by atoms with E-state index in [1.54, 1.807) is 28.8 Å². The quantitative estimate of drug-likeness (QED) is 0.535. The van der Waals surface area contributed by atoms with Crippen molar-refractivity contribution in [2.75, 3.05) is 28.4 Å². The van der Waals surface area contributed by atoms with Gasteiger partial charge in [0.2, 0.25) is 0 Å². The maximum absolute atomic E-state index is 12.9. The van der Waals surface area contributed by atoms with Crippen molar-refractivity contribution in [2.45, 2.75) is 6.54 Å². The summed E-state index contributed by atoms with van der Waals surface area (Å²) in [5.74, 6) is 0.302. The van der Waals surface area contributed by atoms with Gasteiger partial charge in [-0.05, 0) is 18.2 Å². The van der Waals surface area contributed by atoms with Crippen molar-refractivity contribution in [3.63, 3.8) is 0 Å². The van der Waals surface area contributed by atoms with E-state index in [1.807, 2.05) is 0 Å². The predicted molar refractivity (Wildman–Crippen MR) is 113 cm³/mol. The van der Waals surface area contributed by atoms with E-state index in [2.05, 4.69) is 4.99 Å². The summed E-state index contributed by atoms with van der Waals surface area (Å²) in [7, 11) is 5.79. The van der Waals surface area contributed by atoms with Crippen molar-refractivity contribution in [1.29, 1.82) is 0 Å². The third kappa shape index (κ3) is 4.27. The molecule has 0 fully saturated rings. The highest BCUT2D eigenvalue weighted by Crippen LogP contribution is 2.33. The summed E-state index contributed by atoms with van der Waals surface area (Å²) >= 11 is 7.25. The Kier molecular flexibility index (Phi) is 6.63. The van der Waals surface area contributed by atoms with E-state index < -0.39 is 11.9 Å². The van der Waals surface area contributed by atoms with Gasteiger partial charge in [-0.15, -0.1) is 0 Å². The number of ether oxygens (including phenoxy) is 4. The van der Waals surface area contributed by atoms with Crippen molar-refractivity contribution in [2.24, 2.45) is 4.99 Å². The van der Waals surface area contributed by atoms with Crippen molar-refractivity contribution in [1.82, 2.24) is 4.57 Å².